The Hall–Kier alpha value is -1.91. The van der Waals surface area contributed by atoms with Gasteiger partial charge in [0, 0.05) is 18.3 Å². The number of nitrogens with one attached hydrogen (secondary N) is 1. The number of amides is 1. The number of rotatable bonds is 4. The van der Waals surface area contributed by atoms with E-state index in [0.29, 0.717) is 18.0 Å². The van der Waals surface area contributed by atoms with Gasteiger partial charge in [-0.2, -0.15) is 0 Å². The normalized spacial score (nSPS) is 14.5. The summed E-state index contributed by atoms with van der Waals surface area (Å²) in [4.78, 5) is 25.8. The maximum atomic E-state index is 11.5. The third-order valence-corrected chi connectivity index (χ3v) is 2.43. The molecule has 84 valence electrons. The van der Waals surface area contributed by atoms with E-state index < -0.39 is 5.97 Å². The molecule has 1 aromatic rings. The highest BCUT2D eigenvalue weighted by Gasteiger charge is 2.24. The van der Waals surface area contributed by atoms with Gasteiger partial charge in [-0.05, 0) is 30.9 Å². The van der Waals surface area contributed by atoms with Gasteiger partial charge in [-0.15, -0.1) is 0 Å². The van der Waals surface area contributed by atoms with Gasteiger partial charge in [0.15, 0.2) is 0 Å². The molecule has 1 aliphatic rings. The van der Waals surface area contributed by atoms with Crippen molar-refractivity contribution in [3.8, 4) is 0 Å². The van der Waals surface area contributed by atoms with Crippen molar-refractivity contribution in [2.75, 3.05) is 5.32 Å². The van der Waals surface area contributed by atoms with Crippen LogP contribution in [0.3, 0.4) is 0 Å². The first-order valence-corrected chi connectivity index (χ1v) is 5.14. The van der Waals surface area contributed by atoms with Gasteiger partial charge in [0.2, 0.25) is 5.91 Å². The number of hydrogen-bond acceptors (Lipinski definition) is 3. The van der Waals surface area contributed by atoms with Crippen LogP contribution in [0.4, 0.5) is 5.69 Å². The highest BCUT2D eigenvalue weighted by molar-refractivity contribution is 5.93. The second-order valence-electron chi connectivity index (χ2n) is 3.93. The van der Waals surface area contributed by atoms with E-state index in [-0.39, 0.29) is 11.6 Å². The summed E-state index contributed by atoms with van der Waals surface area (Å²) in [5, 5.41) is 11.4. The largest absolute Gasteiger partial charge is 0.477 e. The van der Waals surface area contributed by atoms with E-state index in [1.54, 1.807) is 6.07 Å². The van der Waals surface area contributed by atoms with Gasteiger partial charge in [0.05, 0.1) is 0 Å². The first-order chi connectivity index (χ1) is 7.65. The Morgan fingerprint density at radius 1 is 1.50 bits per heavy atom. The second kappa shape index (κ2) is 4.30. The predicted octanol–water partition coefficient (Wildman–Crippen LogP) is 1.52. The number of carbonyl (C=O) groups excluding carboxylic acids is 1. The molecule has 0 unspecified atom stereocenters. The third kappa shape index (κ3) is 2.79. The quantitative estimate of drug-likeness (QED) is 0.806. The summed E-state index contributed by atoms with van der Waals surface area (Å²) in [5.74, 6) is -0.649. The van der Waals surface area contributed by atoms with Crippen LogP contribution in [0.25, 0.3) is 0 Å². The number of anilines is 1. The molecular formula is C11H12N2O3. The molecule has 0 aliphatic heterocycles. The molecule has 0 atom stereocenters. The van der Waals surface area contributed by atoms with E-state index in [0.717, 1.165) is 12.8 Å². The summed E-state index contributed by atoms with van der Waals surface area (Å²) in [6, 6.07) is 2.93. The Labute approximate surface area is 92.5 Å². The molecule has 5 heteroatoms. The smallest absolute Gasteiger partial charge is 0.354 e. The van der Waals surface area contributed by atoms with Crippen LogP contribution in [0.5, 0.6) is 0 Å². The first-order valence-electron chi connectivity index (χ1n) is 5.14. The van der Waals surface area contributed by atoms with Crippen LogP contribution < -0.4 is 5.32 Å². The zero-order chi connectivity index (χ0) is 11.5. The van der Waals surface area contributed by atoms with E-state index in [4.69, 9.17) is 5.11 Å². The summed E-state index contributed by atoms with van der Waals surface area (Å²) in [5.41, 5.74) is 0.419. The van der Waals surface area contributed by atoms with Crippen LogP contribution in [-0.4, -0.2) is 22.0 Å². The number of carboxylic acids is 1. The molecule has 5 nitrogen and oxygen atoms in total. The van der Waals surface area contributed by atoms with E-state index in [2.05, 4.69) is 10.3 Å². The molecule has 1 saturated carbocycles. The van der Waals surface area contributed by atoms with E-state index in [1.807, 2.05) is 0 Å². The van der Waals surface area contributed by atoms with Gasteiger partial charge < -0.3 is 10.4 Å². The van der Waals surface area contributed by atoms with Gasteiger partial charge in [0.1, 0.15) is 5.69 Å². The average molecular weight is 220 g/mol. The second-order valence-corrected chi connectivity index (χ2v) is 3.93. The van der Waals surface area contributed by atoms with Crippen LogP contribution in [0.1, 0.15) is 29.8 Å². The molecular weight excluding hydrogens is 208 g/mol. The zero-order valence-corrected chi connectivity index (χ0v) is 8.64. The van der Waals surface area contributed by atoms with Gasteiger partial charge in [0.25, 0.3) is 0 Å². The standard InChI is InChI=1S/C11H12N2O3/c14-10(5-7-1-2-7)13-8-3-4-12-9(6-8)11(15)16/h3-4,6-7H,1-2,5H2,(H,15,16)(H,12,13,14). The van der Waals surface area contributed by atoms with Crippen LogP contribution in [-0.2, 0) is 4.79 Å². The van der Waals surface area contributed by atoms with Crippen molar-refractivity contribution < 1.29 is 14.7 Å². The maximum Gasteiger partial charge on any atom is 0.354 e. The molecule has 0 radical (unpaired) electrons. The molecule has 2 rings (SSSR count). The van der Waals surface area contributed by atoms with E-state index in [9.17, 15) is 9.59 Å². The number of pyridine rings is 1. The minimum Gasteiger partial charge on any atom is -0.477 e. The monoisotopic (exact) mass is 220 g/mol. The minimum atomic E-state index is -1.10. The molecule has 1 aliphatic carbocycles. The molecule has 16 heavy (non-hydrogen) atoms. The van der Waals surface area contributed by atoms with E-state index >= 15 is 0 Å². The van der Waals surface area contributed by atoms with Gasteiger partial charge in [-0.3, -0.25) is 4.79 Å². The van der Waals surface area contributed by atoms with Crippen LogP contribution in [0, 0.1) is 5.92 Å². The average Bonchev–Trinajstić information content (AvgIpc) is 3.01. The van der Waals surface area contributed by atoms with Crippen molar-refractivity contribution in [2.45, 2.75) is 19.3 Å². The number of aromatic nitrogens is 1. The molecule has 1 aromatic heterocycles. The predicted molar refractivity (Wildman–Crippen MR) is 57.2 cm³/mol. The number of nitrogens with zero attached hydrogens (tertiary/aromatic N) is 1. The molecule has 0 bridgehead atoms. The van der Waals surface area contributed by atoms with Crippen molar-refractivity contribution in [1.82, 2.24) is 4.98 Å². The lowest BCUT2D eigenvalue weighted by Crippen LogP contribution is -2.12. The lowest BCUT2D eigenvalue weighted by atomic mass is 10.2. The summed E-state index contributed by atoms with van der Waals surface area (Å²) in [6.45, 7) is 0. The fourth-order valence-corrected chi connectivity index (χ4v) is 1.42. The highest BCUT2D eigenvalue weighted by atomic mass is 16.4. The number of hydrogen-bond donors (Lipinski definition) is 2. The van der Waals surface area contributed by atoms with Crippen molar-refractivity contribution in [3.63, 3.8) is 0 Å². The first kappa shape index (κ1) is 10.6. The minimum absolute atomic E-state index is 0.0648. The van der Waals surface area contributed by atoms with E-state index in [1.165, 1.54) is 12.3 Å². The van der Waals surface area contributed by atoms with Crippen LogP contribution in [0.15, 0.2) is 18.3 Å². The molecule has 0 aromatic carbocycles. The molecule has 2 N–H and O–H groups in total. The van der Waals surface area contributed by atoms with Crippen molar-refractivity contribution in [3.05, 3.63) is 24.0 Å². The Balaban J connectivity index is 1.99. The maximum absolute atomic E-state index is 11.5. The summed E-state index contributed by atoms with van der Waals surface area (Å²) >= 11 is 0. The Kier molecular flexibility index (Phi) is 2.85. The summed E-state index contributed by atoms with van der Waals surface area (Å²) < 4.78 is 0. The third-order valence-electron chi connectivity index (χ3n) is 2.43. The van der Waals surface area contributed by atoms with Crippen molar-refractivity contribution in [1.29, 1.82) is 0 Å². The van der Waals surface area contributed by atoms with Gasteiger partial charge >= 0.3 is 5.97 Å². The van der Waals surface area contributed by atoms with Crippen LogP contribution in [0.2, 0.25) is 0 Å². The summed E-state index contributed by atoms with van der Waals surface area (Å²) in [7, 11) is 0. The summed E-state index contributed by atoms with van der Waals surface area (Å²) in [6.07, 6.45) is 4.12. The van der Waals surface area contributed by atoms with Crippen molar-refractivity contribution in [2.24, 2.45) is 5.92 Å². The lowest BCUT2D eigenvalue weighted by molar-refractivity contribution is -0.116. The van der Waals surface area contributed by atoms with Gasteiger partial charge in [-0.1, -0.05) is 0 Å². The van der Waals surface area contributed by atoms with Crippen molar-refractivity contribution >= 4 is 17.6 Å². The number of carboxylic acid groups (broad SMARTS) is 1. The highest BCUT2D eigenvalue weighted by Crippen LogP contribution is 2.32. The van der Waals surface area contributed by atoms with Crippen LogP contribution >= 0.6 is 0 Å². The molecule has 0 spiro atoms. The van der Waals surface area contributed by atoms with Gasteiger partial charge in [-0.25, -0.2) is 9.78 Å². The molecule has 1 amide bonds. The fraction of sp³-hybridized carbons (Fsp3) is 0.364. The Morgan fingerprint density at radius 3 is 2.88 bits per heavy atom. The topological polar surface area (TPSA) is 79.3 Å². The number of carbonyl (C=O) groups is 2. The SMILES string of the molecule is O=C(CC1CC1)Nc1ccnc(C(=O)O)c1. The molecule has 0 saturated heterocycles. The Morgan fingerprint density at radius 2 is 2.25 bits per heavy atom. The molecule has 1 heterocycles. The lowest BCUT2D eigenvalue weighted by Gasteiger charge is -2.04. The Bertz CT molecular complexity index is 427. The molecule has 1 fully saturated rings. The number of aromatic carboxylic acids is 1. The fourth-order valence-electron chi connectivity index (χ4n) is 1.42. The zero-order valence-electron chi connectivity index (χ0n) is 8.64.